The summed E-state index contributed by atoms with van der Waals surface area (Å²) in [6.45, 7) is 3.76. The number of carboxylic acid groups (broad SMARTS) is 1. The van der Waals surface area contributed by atoms with Gasteiger partial charge in [0.25, 0.3) is 0 Å². The number of rotatable bonds is 8. The molecule has 0 saturated heterocycles. The van der Waals surface area contributed by atoms with Crippen LogP contribution in [0, 0.1) is 5.92 Å². The first-order valence-corrected chi connectivity index (χ1v) is 6.36. The molecule has 0 aliphatic rings. The van der Waals surface area contributed by atoms with E-state index in [0.717, 1.165) is 11.8 Å². The lowest BCUT2D eigenvalue weighted by atomic mass is 10.0. The Labute approximate surface area is 104 Å². The number of nitrogens with two attached hydrogens (primary N) is 1. The van der Waals surface area contributed by atoms with Crippen LogP contribution in [-0.2, 0) is 14.4 Å². The van der Waals surface area contributed by atoms with Gasteiger partial charge in [-0.3, -0.25) is 9.59 Å². The second-order valence-electron chi connectivity index (χ2n) is 4.05. The van der Waals surface area contributed by atoms with Gasteiger partial charge < -0.3 is 16.2 Å². The Bertz CT molecular complexity index is 294. The van der Waals surface area contributed by atoms with Crippen molar-refractivity contribution in [3.63, 3.8) is 0 Å². The van der Waals surface area contributed by atoms with E-state index in [1.54, 1.807) is 0 Å². The zero-order valence-corrected chi connectivity index (χ0v) is 10.8. The zero-order valence-electron chi connectivity index (χ0n) is 9.93. The second kappa shape index (κ2) is 7.94. The van der Waals surface area contributed by atoms with E-state index in [4.69, 9.17) is 10.8 Å². The summed E-state index contributed by atoms with van der Waals surface area (Å²) in [4.78, 5) is 32.7. The summed E-state index contributed by atoms with van der Waals surface area (Å²) in [7, 11) is 0. The first-order chi connectivity index (χ1) is 7.82. The Balaban J connectivity index is 4.04. The molecule has 1 atom stereocenters. The molecule has 0 spiro atoms. The van der Waals surface area contributed by atoms with Crippen LogP contribution in [0.1, 0.15) is 20.3 Å². The summed E-state index contributed by atoms with van der Waals surface area (Å²) in [6.07, 6.45) is 0.377. The number of nitrogens with one attached hydrogen (secondary N) is 1. The molecule has 0 radical (unpaired) electrons. The molecule has 0 fully saturated rings. The molecule has 7 heteroatoms. The van der Waals surface area contributed by atoms with Crippen LogP contribution in [0.4, 0.5) is 0 Å². The van der Waals surface area contributed by atoms with Crippen LogP contribution >= 0.6 is 11.8 Å². The van der Waals surface area contributed by atoms with Gasteiger partial charge in [-0.2, -0.15) is 0 Å². The van der Waals surface area contributed by atoms with Crippen LogP contribution in [0.3, 0.4) is 0 Å². The third-order valence-electron chi connectivity index (χ3n) is 1.82. The Morgan fingerprint density at radius 1 is 1.29 bits per heavy atom. The lowest BCUT2D eigenvalue weighted by Crippen LogP contribution is -2.42. The van der Waals surface area contributed by atoms with Crippen molar-refractivity contribution in [1.29, 1.82) is 0 Å². The third kappa shape index (κ3) is 8.56. The highest BCUT2D eigenvalue weighted by atomic mass is 32.2. The number of carbonyl (C=O) groups is 3. The highest BCUT2D eigenvalue weighted by molar-refractivity contribution is 8.00. The fourth-order valence-corrected chi connectivity index (χ4v) is 1.75. The first kappa shape index (κ1) is 15.8. The smallest absolute Gasteiger partial charge is 0.326 e. The maximum Gasteiger partial charge on any atom is 0.326 e. The van der Waals surface area contributed by atoms with E-state index in [9.17, 15) is 14.4 Å². The van der Waals surface area contributed by atoms with E-state index in [-0.39, 0.29) is 17.4 Å². The maximum absolute atomic E-state index is 11.4. The number of hydrogen-bond donors (Lipinski definition) is 3. The lowest BCUT2D eigenvalue weighted by molar-refractivity contribution is -0.141. The summed E-state index contributed by atoms with van der Waals surface area (Å²) in [6, 6.07) is -0.878. The third-order valence-corrected chi connectivity index (χ3v) is 2.77. The number of hydrogen-bond acceptors (Lipinski definition) is 4. The van der Waals surface area contributed by atoms with Gasteiger partial charge in [0.1, 0.15) is 6.04 Å². The molecule has 0 aliphatic heterocycles. The average molecular weight is 262 g/mol. The Kier molecular flexibility index (Phi) is 7.36. The molecule has 0 aromatic heterocycles. The highest BCUT2D eigenvalue weighted by Gasteiger charge is 2.20. The van der Waals surface area contributed by atoms with Gasteiger partial charge >= 0.3 is 5.97 Å². The molecule has 0 aliphatic carbocycles. The summed E-state index contributed by atoms with van der Waals surface area (Å²) in [5.41, 5.74) is 4.91. The van der Waals surface area contributed by atoms with Crippen molar-refractivity contribution >= 4 is 29.5 Å². The van der Waals surface area contributed by atoms with E-state index in [2.05, 4.69) is 5.32 Å². The summed E-state index contributed by atoms with van der Waals surface area (Å²) in [5, 5.41) is 11.3. The summed E-state index contributed by atoms with van der Waals surface area (Å²) in [5.74, 6) is -1.69. The number of carboxylic acids is 1. The summed E-state index contributed by atoms with van der Waals surface area (Å²) >= 11 is 1.06. The zero-order chi connectivity index (χ0) is 13.4. The molecule has 98 valence electrons. The van der Waals surface area contributed by atoms with E-state index in [0.29, 0.717) is 6.42 Å². The van der Waals surface area contributed by atoms with E-state index in [1.807, 2.05) is 13.8 Å². The first-order valence-electron chi connectivity index (χ1n) is 5.21. The molecule has 4 N–H and O–H groups in total. The molecule has 0 saturated carbocycles. The molecule has 0 rings (SSSR count). The van der Waals surface area contributed by atoms with Gasteiger partial charge in [-0.15, -0.1) is 11.8 Å². The normalized spacial score (nSPS) is 12.2. The molecule has 0 aromatic rings. The Hall–Kier alpha value is -1.24. The molecule has 0 heterocycles. The molecule has 0 bridgehead atoms. The SMILES string of the molecule is CC(C)C[C@H](NC(=O)CSCC(N)=O)C(=O)O. The van der Waals surface area contributed by atoms with Gasteiger partial charge in [0, 0.05) is 0 Å². The fourth-order valence-electron chi connectivity index (χ4n) is 1.17. The van der Waals surface area contributed by atoms with Crippen LogP contribution in [0.25, 0.3) is 0 Å². The monoisotopic (exact) mass is 262 g/mol. The van der Waals surface area contributed by atoms with Gasteiger partial charge in [-0.1, -0.05) is 13.8 Å². The molecule has 2 amide bonds. The molecule has 0 unspecified atom stereocenters. The average Bonchev–Trinajstić information content (AvgIpc) is 2.15. The lowest BCUT2D eigenvalue weighted by Gasteiger charge is -2.16. The van der Waals surface area contributed by atoms with E-state index in [1.165, 1.54) is 0 Å². The van der Waals surface area contributed by atoms with Crippen molar-refractivity contribution in [1.82, 2.24) is 5.32 Å². The van der Waals surface area contributed by atoms with Crippen molar-refractivity contribution < 1.29 is 19.5 Å². The van der Waals surface area contributed by atoms with E-state index < -0.39 is 23.8 Å². The minimum atomic E-state index is -1.05. The number of thioether (sulfide) groups is 1. The molecule has 17 heavy (non-hydrogen) atoms. The number of amides is 2. The van der Waals surface area contributed by atoms with Crippen molar-refractivity contribution in [3.05, 3.63) is 0 Å². The van der Waals surface area contributed by atoms with Gasteiger partial charge in [0.05, 0.1) is 11.5 Å². The molecule has 6 nitrogen and oxygen atoms in total. The number of carbonyl (C=O) groups excluding carboxylic acids is 2. The van der Waals surface area contributed by atoms with Crippen molar-refractivity contribution in [2.24, 2.45) is 11.7 Å². The molecular weight excluding hydrogens is 244 g/mol. The molecule has 0 aromatic carbocycles. The van der Waals surface area contributed by atoms with Gasteiger partial charge in [-0.05, 0) is 12.3 Å². The minimum Gasteiger partial charge on any atom is -0.480 e. The number of primary amides is 1. The minimum absolute atomic E-state index is 0.0326. The topological polar surface area (TPSA) is 109 Å². The van der Waals surface area contributed by atoms with Gasteiger partial charge in [0.2, 0.25) is 11.8 Å². The van der Waals surface area contributed by atoms with Crippen LogP contribution in [0.15, 0.2) is 0 Å². The fraction of sp³-hybridized carbons (Fsp3) is 0.700. The predicted octanol–water partition coefficient (Wildman–Crippen LogP) is -0.180. The quantitative estimate of drug-likeness (QED) is 0.562. The maximum atomic E-state index is 11.4. The van der Waals surface area contributed by atoms with Crippen LogP contribution in [-0.4, -0.2) is 40.4 Å². The van der Waals surface area contributed by atoms with Crippen molar-refractivity contribution in [2.75, 3.05) is 11.5 Å². The standard InChI is InChI=1S/C10H18N2O4S/c1-6(2)3-7(10(15)16)12-9(14)5-17-4-8(11)13/h6-7H,3-5H2,1-2H3,(H2,11,13)(H,12,14)(H,15,16)/t7-/m0/s1. The predicted molar refractivity (Wildman–Crippen MR) is 65.5 cm³/mol. The largest absolute Gasteiger partial charge is 0.480 e. The van der Waals surface area contributed by atoms with Crippen molar-refractivity contribution in [2.45, 2.75) is 26.3 Å². The van der Waals surface area contributed by atoms with Crippen LogP contribution in [0.5, 0.6) is 0 Å². The Morgan fingerprint density at radius 3 is 2.29 bits per heavy atom. The van der Waals surface area contributed by atoms with E-state index >= 15 is 0 Å². The second-order valence-corrected chi connectivity index (χ2v) is 5.03. The number of aliphatic carboxylic acids is 1. The Morgan fingerprint density at radius 2 is 1.88 bits per heavy atom. The summed E-state index contributed by atoms with van der Waals surface area (Å²) < 4.78 is 0. The van der Waals surface area contributed by atoms with Crippen LogP contribution < -0.4 is 11.1 Å². The molecular formula is C10H18N2O4S. The van der Waals surface area contributed by atoms with Crippen LogP contribution in [0.2, 0.25) is 0 Å². The van der Waals surface area contributed by atoms with Gasteiger partial charge in [0.15, 0.2) is 0 Å². The van der Waals surface area contributed by atoms with Gasteiger partial charge in [-0.25, -0.2) is 4.79 Å². The van der Waals surface area contributed by atoms with Crippen molar-refractivity contribution in [3.8, 4) is 0 Å². The highest BCUT2D eigenvalue weighted by Crippen LogP contribution is 2.06.